The average Bonchev–Trinajstić information content (AvgIpc) is 2.83. The van der Waals surface area contributed by atoms with Gasteiger partial charge in [0.2, 0.25) is 0 Å². The van der Waals surface area contributed by atoms with E-state index in [2.05, 4.69) is 44.2 Å². The van der Waals surface area contributed by atoms with E-state index in [0.717, 1.165) is 5.56 Å². The first-order valence-corrected chi connectivity index (χ1v) is 11.5. The van der Waals surface area contributed by atoms with E-state index < -0.39 is 18.0 Å². The summed E-state index contributed by atoms with van der Waals surface area (Å²) in [6.07, 6.45) is 0.761. The number of ether oxygens (including phenoxy) is 3. The summed E-state index contributed by atoms with van der Waals surface area (Å²) in [7, 11) is 0. The van der Waals surface area contributed by atoms with Crippen molar-refractivity contribution >= 4 is 10.8 Å². The van der Waals surface area contributed by atoms with Crippen molar-refractivity contribution in [1.29, 1.82) is 0 Å². The van der Waals surface area contributed by atoms with Crippen molar-refractivity contribution in [3.63, 3.8) is 0 Å². The van der Waals surface area contributed by atoms with E-state index in [1.54, 1.807) is 6.07 Å². The maximum absolute atomic E-state index is 11.3. The van der Waals surface area contributed by atoms with Gasteiger partial charge in [0, 0.05) is 11.8 Å². The lowest BCUT2D eigenvalue weighted by Crippen LogP contribution is -2.46. The second-order valence-corrected chi connectivity index (χ2v) is 10.1. The lowest BCUT2D eigenvalue weighted by Gasteiger charge is -2.42. The molecular formula is C28H34O5. The number of rotatable bonds is 8. The van der Waals surface area contributed by atoms with Gasteiger partial charge in [-0.2, -0.15) is 0 Å². The molecule has 5 nitrogen and oxygen atoms in total. The molecule has 33 heavy (non-hydrogen) atoms. The van der Waals surface area contributed by atoms with Crippen molar-refractivity contribution in [3.05, 3.63) is 77.9 Å². The van der Waals surface area contributed by atoms with Crippen LogP contribution in [0.1, 0.15) is 44.7 Å². The zero-order chi connectivity index (χ0) is 23.5. The van der Waals surface area contributed by atoms with E-state index in [1.165, 1.54) is 10.8 Å². The van der Waals surface area contributed by atoms with Crippen molar-refractivity contribution in [2.45, 2.75) is 51.6 Å². The maximum Gasteiger partial charge on any atom is 0.165 e. The molecule has 1 atom stereocenters. The van der Waals surface area contributed by atoms with E-state index in [4.69, 9.17) is 14.2 Å². The summed E-state index contributed by atoms with van der Waals surface area (Å²) >= 11 is 0. The van der Waals surface area contributed by atoms with Gasteiger partial charge in [0.25, 0.3) is 0 Å². The molecule has 1 saturated heterocycles. The molecule has 1 unspecified atom stereocenters. The van der Waals surface area contributed by atoms with Crippen LogP contribution in [0, 0.1) is 5.41 Å². The summed E-state index contributed by atoms with van der Waals surface area (Å²) in [5, 5.41) is 23.7. The highest BCUT2D eigenvalue weighted by atomic mass is 16.7. The lowest BCUT2D eigenvalue weighted by atomic mass is 9.87. The molecule has 1 aliphatic rings. The van der Waals surface area contributed by atoms with E-state index >= 15 is 0 Å². The van der Waals surface area contributed by atoms with Crippen LogP contribution in [0.2, 0.25) is 0 Å². The van der Waals surface area contributed by atoms with Crippen LogP contribution in [0.3, 0.4) is 0 Å². The molecule has 5 heteroatoms. The zero-order valence-corrected chi connectivity index (χ0v) is 19.7. The Kier molecular flexibility index (Phi) is 6.78. The van der Waals surface area contributed by atoms with Crippen LogP contribution in [-0.4, -0.2) is 35.8 Å². The minimum Gasteiger partial charge on any atom is -0.489 e. The number of aliphatic hydroxyl groups is 2. The van der Waals surface area contributed by atoms with Crippen molar-refractivity contribution in [2.75, 3.05) is 19.8 Å². The fourth-order valence-corrected chi connectivity index (χ4v) is 4.04. The second-order valence-electron chi connectivity index (χ2n) is 10.1. The van der Waals surface area contributed by atoms with Gasteiger partial charge in [-0.25, -0.2) is 0 Å². The van der Waals surface area contributed by atoms with Gasteiger partial charge in [-0.15, -0.1) is 0 Å². The molecule has 0 amide bonds. The molecule has 0 saturated carbocycles. The van der Waals surface area contributed by atoms with Gasteiger partial charge in [-0.1, -0.05) is 62.4 Å². The number of hydrogen-bond acceptors (Lipinski definition) is 5. The van der Waals surface area contributed by atoms with Gasteiger partial charge >= 0.3 is 0 Å². The van der Waals surface area contributed by atoms with Crippen LogP contribution in [0.4, 0.5) is 0 Å². The molecule has 0 spiro atoms. The molecule has 3 aromatic rings. The van der Waals surface area contributed by atoms with Gasteiger partial charge in [-0.3, -0.25) is 0 Å². The van der Waals surface area contributed by atoms with Gasteiger partial charge in [0.05, 0.1) is 19.8 Å². The van der Waals surface area contributed by atoms with Gasteiger partial charge in [0.15, 0.2) is 5.79 Å². The normalized spacial score (nSPS) is 19.2. The third-order valence-electron chi connectivity index (χ3n) is 6.38. The first kappa shape index (κ1) is 23.7. The highest BCUT2D eigenvalue weighted by Crippen LogP contribution is 2.36. The summed E-state index contributed by atoms with van der Waals surface area (Å²) in [6, 6.07) is 21.8. The highest BCUT2D eigenvalue weighted by molar-refractivity contribution is 5.82. The molecule has 0 radical (unpaired) electrons. The van der Waals surface area contributed by atoms with Gasteiger partial charge < -0.3 is 24.4 Å². The molecular weight excluding hydrogens is 416 g/mol. The molecule has 0 bridgehead atoms. The quantitative estimate of drug-likeness (QED) is 0.496. The zero-order valence-electron chi connectivity index (χ0n) is 19.7. The highest BCUT2D eigenvalue weighted by Gasteiger charge is 2.39. The molecule has 1 fully saturated rings. The predicted octanol–water partition coefficient (Wildman–Crippen LogP) is 5.17. The fourth-order valence-electron chi connectivity index (χ4n) is 4.04. The third kappa shape index (κ3) is 5.74. The number of benzene rings is 3. The van der Waals surface area contributed by atoms with Crippen LogP contribution < -0.4 is 4.74 Å². The molecule has 1 aliphatic heterocycles. The van der Waals surface area contributed by atoms with Crippen molar-refractivity contribution < 1.29 is 24.4 Å². The van der Waals surface area contributed by atoms with E-state index in [0.29, 0.717) is 44.0 Å². The molecule has 3 aromatic carbocycles. The Morgan fingerprint density at radius 3 is 2.36 bits per heavy atom. The smallest absolute Gasteiger partial charge is 0.165 e. The van der Waals surface area contributed by atoms with Crippen LogP contribution in [0.15, 0.2) is 66.7 Å². The third-order valence-corrected chi connectivity index (χ3v) is 6.38. The number of fused-ring (bicyclic) bond motifs is 1. The molecule has 2 N–H and O–H groups in total. The van der Waals surface area contributed by atoms with E-state index in [-0.39, 0.29) is 5.41 Å². The van der Waals surface area contributed by atoms with Crippen molar-refractivity contribution in [3.8, 4) is 5.75 Å². The molecule has 4 rings (SSSR count). The molecule has 176 valence electrons. The number of hydrogen-bond donors (Lipinski definition) is 2. The Hall–Kier alpha value is -2.44. The summed E-state index contributed by atoms with van der Waals surface area (Å²) in [6.45, 7) is 7.30. The topological polar surface area (TPSA) is 68.2 Å². The second kappa shape index (κ2) is 9.43. The van der Waals surface area contributed by atoms with Gasteiger partial charge in [-0.05, 0) is 53.4 Å². The van der Waals surface area contributed by atoms with Crippen LogP contribution in [0.25, 0.3) is 10.8 Å². The standard InChI is InChI=1S/C28H34O5/c1-26(2)19-32-27(3,33-20-26)13-14-28(30,18-29)24-9-6-10-25(16-24)31-17-21-11-12-22-7-4-5-8-23(22)15-21/h4-12,15-16,29-30H,13-14,17-20H2,1-3H3. The van der Waals surface area contributed by atoms with E-state index in [9.17, 15) is 10.2 Å². The SMILES string of the molecule is CC1(C)COC(C)(CCC(O)(CO)c2cccc(OCc3ccc4ccccc4c3)c2)OC1. The Balaban J connectivity index is 1.42. The molecule has 0 aromatic heterocycles. The Bertz CT molecular complexity index is 1080. The average molecular weight is 451 g/mol. The van der Waals surface area contributed by atoms with Gasteiger partial charge in [0.1, 0.15) is 18.0 Å². The Morgan fingerprint density at radius 1 is 0.909 bits per heavy atom. The van der Waals surface area contributed by atoms with Crippen LogP contribution in [0.5, 0.6) is 5.75 Å². The number of aliphatic hydroxyl groups excluding tert-OH is 1. The monoisotopic (exact) mass is 450 g/mol. The molecule has 0 aliphatic carbocycles. The largest absolute Gasteiger partial charge is 0.489 e. The summed E-state index contributed by atoms with van der Waals surface area (Å²) in [5.41, 5.74) is 0.244. The minimum absolute atomic E-state index is 0.0243. The van der Waals surface area contributed by atoms with Crippen molar-refractivity contribution in [2.24, 2.45) is 5.41 Å². The van der Waals surface area contributed by atoms with Crippen LogP contribution in [-0.2, 0) is 21.7 Å². The first-order chi connectivity index (χ1) is 15.7. The van der Waals surface area contributed by atoms with Crippen molar-refractivity contribution in [1.82, 2.24) is 0 Å². The Labute approximate surface area is 195 Å². The fraction of sp³-hybridized carbons (Fsp3) is 0.429. The summed E-state index contributed by atoms with van der Waals surface area (Å²) < 4.78 is 17.9. The predicted molar refractivity (Wildman–Crippen MR) is 129 cm³/mol. The summed E-state index contributed by atoms with van der Waals surface area (Å²) in [5.74, 6) is -0.131. The summed E-state index contributed by atoms with van der Waals surface area (Å²) in [4.78, 5) is 0. The first-order valence-electron chi connectivity index (χ1n) is 11.5. The Morgan fingerprint density at radius 2 is 1.64 bits per heavy atom. The maximum atomic E-state index is 11.3. The lowest BCUT2D eigenvalue weighted by molar-refractivity contribution is -0.295. The van der Waals surface area contributed by atoms with E-state index in [1.807, 2.05) is 37.3 Å². The molecule has 1 heterocycles. The minimum atomic E-state index is -1.41. The van der Waals surface area contributed by atoms with Crippen LogP contribution >= 0.6 is 0 Å².